The molecule has 0 amide bonds. The Hall–Kier alpha value is -1.80. The van der Waals surface area contributed by atoms with Gasteiger partial charge in [0.1, 0.15) is 11.5 Å². The van der Waals surface area contributed by atoms with Gasteiger partial charge < -0.3 is 10.5 Å². The van der Waals surface area contributed by atoms with Gasteiger partial charge >= 0.3 is 0 Å². The van der Waals surface area contributed by atoms with E-state index in [4.69, 9.17) is 10.5 Å². The van der Waals surface area contributed by atoms with Crippen molar-refractivity contribution in [2.75, 3.05) is 6.54 Å². The molecule has 0 spiro atoms. The van der Waals surface area contributed by atoms with E-state index in [9.17, 15) is 0 Å². The molecule has 0 atom stereocenters. The molecule has 0 aliphatic carbocycles. The van der Waals surface area contributed by atoms with Crippen LogP contribution in [0.3, 0.4) is 0 Å². The Balaban J connectivity index is 2.20. The van der Waals surface area contributed by atoms with Crippen LogP contribution in [0.4, 0.5) is 0 Å². The number of hydrogen-bond acceptors (Lipinski definition) is 2. The molecule has 0 aromatic heterocycles. The monoisotopic (exact) mass is 241 g/mol. The summed E-state index contributed by atoms with van der Waals surface area (Å²) in [6, 6.07) is 14.3. The second kappa shape index (κ2) is 5.69. The molecular weight excluding hydrogens is 222 g/mol. The highest BCUT2D eigenvalue weighted by molar-refractivity contribution is 5.38. The van der Waals surface area contributed by atoms with E-state index in [0.29, 0.717) is 6.54 Å². The maximum atomic E-state index is 5.89. The average molecular weight is 241 g/mol. The van der Waals surface area contributed by atoms with E-state index in [-0.39, 0.29) is 0 Å². The summed E-state index contributed by atoms with van der Waals surface area (Å²) < 4.78 is 5.89. The van der Waals surface area contributed by atoms with Crippen LogP contribution in [0.1, 0.15) is 16.7 Å². The van der Waals surface area contributed by atoms with Crippen LogP contribution in [-0.4, -0.2) is 6.54 Å². The zero-order valence-corrected chi connectivity index (χ0v) is 10.9. The molecule has 0 fully saturated rings. The summed E-state index contributed by atoms with van der Waals surface area (Å²) in [6.07, 6.45) is 0.879. The molecule has 0 heterocycles. The van der Waals surface area contributed by atoms with Gasteiger partial charge in [-0.3, -0.25) is 0 Å². The van der Waals surface area contributed by atoms with Crippen LogP contribution in [0.5, 0.6) is 11.5 Å². The molecule has 0 aliphatic rings. The van der Waals surface area contributed by atoms with E-state index >= 15 is 0 Å². The van der Waals surface area contributed by atoms with Crippen LogP contribution in [0.15, 0.2) is 42.5 Å². The molecule has 0 unspecified atom stereocenters. The van der Waals surface area contributed by atoms with Gasteiger partial charge in [-0.2, -0.15) is 0 Å². The first-order valence-electron chi connectivity index (χ1n) is 6.22. The fourth-order valence-corrected chi connectivity index (χ4v) is 2.06. The molecule has 0 radical (unpaired) electrons. The second-order valence-corrected chi connectivity index (χ2v) is 4.61. The highest BCUT2D eigenvalue weighted by Crippen LogP contribution is 2.24. The van der Waals surface area contributed by atoms with E-state index in [1.165, 1.54) is 16.7 Å². The van der Waals surface area contributed by atoms with E-state index in [1.54, 1.807) is 0 Å². The standard InChI is InChI=1S/C16H19NO/c1-12-8-13(2)10-16(9-12)18-15-5-3-4-14(11-15)6-7-17/h3-5,8-11H,6-7,17H2,1-2H3. The number of hydrogen-bond donors (Lipinski definition) is 1. The predicted octanol–water partition coefficient (Wildman–Crippen LogP) is 3.60. The molecule has 0 saturated carbocycles. The maximum absolute atomic E-state index is 5.89. The lowest BCUT2D eigenvalue weighted by molar-refractivity contribution is 0.481. The summed E-state index contributed by atoms with van der Waals surface area (Å²) in [4.78, 5) is 0. The van der Waals surface area contributed by atoms with E-state index in [2.05, 4.69) is 26.0 Å². The highest BCUT2D eigenvalue weighted by Gasteiger charge is 2.00. The zero-order chi connectivity index (χ0) is 13.0. The van der Waals surface area contributed by atoms with Crippen molar-refractivity contribution in [2.45, 2.75) is 20.3 Å². The summed E-state index contributed by atoms with van der Waals surface area (Å²) >= 11 is 0. The Morgan fingerprint density at radius 2 is 1.67 bits per heavy atom. The van der Waals surface area contributed by atoms with Gasteiger partial charge in [0.05, 0.1) is 0 Å². The fraction of sp³-hybridized carbons (Fsp3) is 0.250. The van der Waals surface area contributed by atoms with Crippen LogP contribution >= 0.6 is 0 Å². The molecule has 18 heavy (non-hydrogen) atoms. The van der Waals surface area contributed by atoms with Crippen molar-refractivity contribution in [1.82, 2.24) is 0 Å². The van der Waals surface area contributed by atoms with Gasteiger partial charge in [-0.05, 0) is 67.8 Å². The Morgan fingerprint density at radius 3 is 2.33 bits per heavy atom. The van der Waals surface area contributed by atoms with Crippen molar-refractivity contribution in [1.29, 1.82) is 0 Å². The largest absolute Gasteiger partial charge is 0.457 e. The molecule has 0 aliphatic heterocycles. The minimum absolute atomic E-state index is 0.660. The van der Waals surface area contributed by atoms with E-state index in [1.807, 2.05) is 30.3 Å². The van der Waals surface area contributed by atoms with Crippen molar-refractivity contribution in [3.63, 3.8) is 0 Å². The third kappa shape index (κ3) is 3.34. The maximum Gasteiger partial charge on any atom is 0.127 e. The van der Waals surface area contributed by atoms with Gasteiger partial charge in [0, 0.05) is 0 Å². The molecule has 2 rings (SSSR count). The zero-order valence-electron chi connectivity index (χ0n) is 10.9. The summed E-state index contributed by atoms with van der Waals surface area (Å²) in [5.74, 6) is 1.75. The van der Waals surface area contributed by atoms with Gasteiger partial charge in [-0.25, -0.2) is 0 Å². The number of nitrogens with two attached hydrogens (primary N) is 1. The summed E-state index contributed by atoms with van der Waals surface area (Å²) in [5, 5.41) is 0. The van der Waals surface area contributed by atoms with Gasteiger partial charge in [0.25, 0.3) is 0 Å². The van der Waals surface area contributed by atoms with E-state index in [0.717, 1.165) is 17.9 Å². The number of rotatable bonds is 4. The molecule has 2 N–H and O–H groups in total. The lowest BCUT2D eigenvalue weighted by atomic mass is 10.1. The molecule has 2 aromatic carbocycles. The minimum atomic E-state index is 0.660. The van der Waals surface area contributed by atoms with Crippen LogP contribution < -0.4 is 10.5 Å². The van der Waals surface area contributed by atoms with Crippen molar-refractivity contribution < 1.29 is 4.74 Å². The van der Waals surface area contributed by atoms with Crippen LogP contribution in [0.25, 0.3) is 0 Å². The van der Waals surface area contributed by atoms with Crippen molar-refractivity contribution in [3.8, 4) is 11.5 Å². The van der Waals surface area contributed by atoms with Crippen molar-refractivity contribution in [3.05, 3.63) is 59.2 Å². The smallest absolute Gasteiger partial charge is 0.127 e. The SMILES string of the molecule is Cc1cc(C)cc(Oc2cccc(CCN)c2)c1. The van der Waals surface area contributed by atoms with Crippen LogP contribution in [0.2, 0.25) is 0 Å². The quantitative estimate of drug-likeness (QED) is 0.887. The van der Waals surface area contributed by atoms with Crippen molar-refractivity contribution >= 4 is 0 Å². The van der Waals surface area contributed by atoms with Gasteiger partial charge in [-0.1, -0.05) is 18.2 Å². The summed E-state index contributed by atoms with van der Waals surface area (Å²) in [6.45, 7) is 4.81. The number of ether oxygens (including phenoxy) is 1. The molecule has 0 bridgehead atoms. The fourth-order valence-electron chi connectivity index (χ4n) is 2.06. The lowest BCUT2D eigenvalue weighted by Gasteiger charge is -2.09. The predicted molar refractivity (Wildman–Crippen MR) is 75.2 cm³/mol. The van der Waals surface area contributed by atoms with Crippen molar-refractivity contribution in [2.24, 2.45) is 5.73 Å². The highest BCUT2D eigenvalue weighted by atomic mass is 16.5. The van der Waals surface area contributed by atoms with Gasteiger partial charge in [0.15, 0.2) is 0 Å². The molecule has 2 nitrogen and oxygen atoms in total. The summed E-state index contributed by atoms with van der Waals surface area (Å²) in [5.41, 5.74) is 9.19. The van der Waals surface area contributed by atoms with Crippen LogP contribution in [-0.2, 0) is 6.42 Å². The third-order valence-corrected chi connectivity index (χ3v) is 2.76. The summed E-state index contributed by atoms with van der Waals surface area (Å²) in [7, 11) is 0. The van der Waals surface area contributed by atoms with Gasteiger partial charge in [-0.15, -0.1) is 0 Å². The molecular formula is C16H19NO. The Bertz CT molecular complexity index is 514. The average Bonchev–Trinajstić information content (AvgIpc) is 2.28. The molecule has 94 valence electrons. The first-order valence-corrected chi connectivity index (χ1v) is 6.22. The van der Waals surface area contributed by atoms with E-state index < -0.39 is 0 Å². The first kappa shape index (κ1) is 12.7. The topological polar surface area (TPSA) is 35.2 Å². The minimum Gasteiger partial charge on any atom is -0.457 e. The Morgan fingerprint density at radius 1 is 0.944 bits per heavy atom. The molecule has 2 heteroatoms. The second-order valence-electron chi connectivity index (χ2n) is 4.61. The van der Waals surface area contributed by atoms with Gasteiger partial charge in [0.2, 0.25) is 0 Å². The number of benzene rings is 2. The molecule has 2 aromatic rings. The first-order chi connectivity index (χ1) is 8.67. The lowest BCUT2D eigenvalue weighted by Crippen LogP contribution is -2.02. The molecule has 0 saturated heterocycles. The van der Waals surface area contributed by atoms with Crippen LogP contribution in [0, 0.1) is 13.8 Å². The Labute approximate surface area is 108 Å². The number of aryl methyl sites for hydroxylation is 2. The normalized spacial score (nSPS) is 10.4. The third-order valence-electron chi connectivity index (χ3n) is 2.76. The Kier molecular flexibility index (Phi) is 4.00.